The summed E-state index contributed by atoms with van der Waals surface area (Å²) in [4.78, 5) is 23.6. The van der Waals surface area contributed by atoms with E-state index in [2.05, 4.69) is 24.5 Å². The molecule has 1 rings (SSSR count). The minimum atomic E-state index is -0.496. The van der Waals surface area contributed by atoms with E-state index in [1.54, 1.807) is 0 Å². The van der Waals surface area contributed by atoms with Gasteiger partial charge in [0.15, 0.2) is 0 Å². The molecule has 1 aliphatic carbocycles. The fourth-order valence-electron chi connectivity index (χ4n) is 2.14. The van der Waals surface area contributed by atoms with Gasteiger partial charge in [-0.05, 0) is 23.7 Å². The molecule has 5 nitrogen and oxygen atoms in total. The van der Waals surface area contributed by atoms with Crippen molar-refractivity contribution in [1.29, 1.82) is 0 Å². The average molecular weight is 270 g/mol. The number of methoxy groups -OCH3 is 1. The summed E-state index contributed by atoms with van der Waals surface area (Å²) in [5.74, 6) is 0.234. The van der Waals surface area contributed by atoms with Crippen molar-refractivity contribution in [3.63, 3.8) is 0 Å². The summed E-state index contributed by atoms with van der Waals surface area (Å²) in [6.45, 7) is 8.90. The van der Waals surface area contributed by atoms with Crippen LogP contribution in [0, 0.1) is 17.3 Å². The van der Waals surface area contributed by atoms with Crippen LogP contribution in [0.4, 0.5) is 0 Å². The van der Waals surface area contributed by atoms with Crippen molar-refractivity contribution < 1.29 is 14.3 Å². The molecule has 0 aromatic rings. The quantitative estimate of drug-likeness (QED) is 0.723. The highest BCUT2D eigenvalue weighted by atomic mass is 16.5. The van der Waals surface area contributed by atoms with Crippen molar-refractivity contribution in [1.82, 2.24) is 10.6 Å². The van der Waals surface area contributed by atoms with Crippen molar-refractivity contribution in [2.45, 2.75) is 40.2 Å². The Bertz CT molecular complexity index is 340. The maximum atomic E-state index is 12.1. The molecule has 1 fully saturated rings. The van der Waals surface area contributed by atoms with Crippen molar-refractivity contribution in [3.05, 3.63) is 0 Å². The van der Waals surface area contributed by atoms with Crippen LogP contribution in [0.15, 0.2) is 0 Å². The van der Waals surface area contributed by atoms with Gasteiger partial charge < -0.3 is 15.4 Å². The molecule has 0 radical (unpaired) electrons. The van der Waals surface area contributed by atoms with Gasteiger partial charge in [-0.1, -0.05) is 27.7 Å². The summed E-state index contributed by atoms with van der Waals surface area (Å²) in [6, 6.07) is -0.496. The van der Waals surface area contributed by atoms with Crippen LogP contribution in [0.5, 0.6) is 0 Å². The molecule has 0 spiro atoms. The smallest absolute Gasteiger partial charge is 0.246 e. The molecular formula is C14H26N2O3. The Kier molecular flexibility index (Phi) is 5.35. The molecule has 1 aliphatic rings. The molecular weight excluding hydrogens is 244 g/mol. The third-order valence-electron chi connectivity index (χ3n) is 3.78. The standard InChI is InChI=1S/C14H26N2O3/c1-9(2)12(16-11(17)8-19-5)13(18)15-7-10-6-14(10,3)4/h9-10,12H,6-8H2,1-5H3,(H,15,18)(H,16,17)/t10?,12-/m0/s1. The highest BCUT2D eigenvalue weighted by Gasteiger charge is 2.45. The molecule has 0 aliphatic heterocycles. The van der Waals surface area contributed by atoms with Crippen LogP contribution >= 0.6 is 0 Å². The van der Waals surface area contributed by atoms with Crippen LogP contribution < -0.4 is 10.6 Å². The molecule has 2 atom stereocenters. The van der Waals surface area contributed by atoms with Gasteiger partial charge in [0.2, 0.25) is 11.8 Å². The summed E-state index contributed by atoms with van der Waals surface area (Å²) < 4.78 is 4.76. The number of carbonyl (C=O) groups excluding carboxylic acids is 2. The first-order chi connectivity index (χ1) is 8.77. The van der Waals surface area contributed by atoms with Crippen molar-refractivity contribution in [2.24, 2.45) is 17.3 Å². The molecule has 0 saturated heterocycles. The Balaban J connectivity index is 2.42. The fraction of sp³-hybridized carbons (Fsp3) is 0.857. The minimum absolute atomic E-state index is 0.0217. The maximum absolute atomic E-state index is 12.1. The Morgan fingerprint density at radius 2 is 1.95 bits per heavy atom. The minimum Gasteiger partial charge on any atom is -0.375 e. The van der Waals surface area contributed by atoms with Crippen LogP contribution in [-0.2, 0) is 14.3 Å². The monoisotopic (exact) mass is 270 g/mol. The highest BCUT2D eigenvalue weighted by Crippen LogP contribution is 2.50. The second-order valence-electron chi connectivity index (χ2n) is 6.36. The molecule has 1 saturated carbocycles. The lowest BCUT2D eigenvalue weighted by Crippen LogP contribution is -2.51. The first kappa shape index (κ1) is 16.0. The zero-order chi connectivity index (χ0) is 14.6. The van der Waals surface area contributed by atoms with Gasteiger partial charge in [0.05, 0.1) is 0 Å². The van der Waals surface area contributed by atoms with Gasteiger partial charge in [-0.3, -0.25) is 9.59 Å². The Morgan fingerprint density at radius 1 is 1.37 bits per heavy atom. The van der Waals surface area contributed by atoms with Crippen molar-refractivity contribution >= 4 is 11.8 Å². The average Bonchev–Trinajstić information content (AvgIpc) is 2.91. The number of nitrogens with one attached hydrogen (secondary N) is 2. The topological polar surface area (TPSA) is 67.4 Å². The van der Waals surface area contributed by atoms with E-state index in [0.29, 0.717) is 17.9 Å². The SMILES string of the molecule is COCC(=O)N[C@H](C(=O)NCC1CC1(C)C)C(C)C. The molecule has 19 heavy (non-hydrogen) atoms. The number of amides is 2. The summed E-state index contributed by atoms with van der Waals surface area (Å²) in [5, 5.41) is 5.64. The number of ether oxygens (including phenoxy) is 1. The number of hydrogen-bond donors (Lipinski definition) is 2. The number of carbonyl (C=O) groups is 2. The van der Waals surface area contributed by atoms with Crippen molar-refractivity contribution in [2.75, 3.05) is 20.3 Å². The van der Waals surface area contributed by atoms with Crippen LogP contribution in [-0.4, -0.2) is 38.1 Å². The predicted octanol–water partition coefficient (Wildman–Crippen LogP) is 0.936. The van der Waals surface area contributed by atoms with E-state index in [9.17, 15) is 9.59 Å². The van der Waals surface area contributed by atoms with E-state index in [0.717, 1.165) is 6.42 Å². The van der Waals surface area contributed by atoms with E-state index >= 15 is 0 Å². The zero-order valence-corrected chi connectivity index (χ0v) is 12.6. The second-order valence-corrected chi connectivity index (χ2v) is 6.36. The summed E-state index contributed by atoms with van der Waals surface area (Å²) in [7, 11) is 1.46. The molecule has 110 valence electrons. The molecule has 5 heteroatoms. The van der Waals surface area contributed by atoms with Crippen LogP contribution in [0.25, 0.3) is 0 Å². The Morgan fingerprint density at radius 3 is 2.37 bits per heavy atom. The van der Waals surface area contributed by atoms with Gasteiger partial charge in [-0.15, -0.1) is 0 Å². The van der Waals surface area contributed by atoms with E-state index in [4.69, 9.17) is 4.74 Å². The number of rotatable bonds is 7. The van der Waals surface area contributed by atoms with E-state index < -0.39 is 6.04 Å². The molecule has 1 unspecified atom stereocenters. The van der Waals surface area contributed by atoms with Gasteiger partial charge >= 0.3 is 0 Å². The first-order valence-corrected chi connectivity index (χ1v) is 6.84. The lowest BCUT2D eigenvalue weighted by atomic mass is 10.0. The zero-order valence-electron chi connectivity index (χ0n) is 12.6. The molecule has 0 aromatic heterocycles. The van der Waals surface area contributed by atoms with Crippen LogP contribution in [0.1, 0.15) is 34.1 Å². The summed E-state index contributed by atoms with van der Waals surface area (Å²) in [5.41, 5.74) is 0.347. The lowest BCUT2D eigenvalue weighted by molar-refractivity contribution is -0.132. The third-order valence-corrected chi connectivity index (χ3v) is 3.78. The largest absolute Gasteiger partial charge is 0.375 e. The fourth-order valence-corrected chi connectivity index (χ4v) is 2.14. The van der Waals surface area contributed by atoms with Gasteiger partial charge in [-0.2, -0.15) is 0 Å². The van der Waals surface area contributed by atoms with Crippen LogP contribution in [0.2, 0.25) is 0 Å². The molecule has 0 heterocycles. The Hall–Kier alpha value is -1.10. The maximum Gasteiger partial charge on any atom is 0.246 e. The summed E-state index contributed by atoms with van der Waals surface area (Å²) in [6.07, 6.45) is 1.15. The number of hydrogen-bond acceptors (Lipinski definition) is 3. The van der Waals surface area contributed by atoms with Crippen LogP contribution in [0.3, 0.4) is 0 Å². The molecule has 2 amide bonds. The Labute approximate surface area is 115 Å². The molecule has 2 N–H and O–H groups in total. The second kappa shape index (κ2) is 6.37. The predicted molar refractivity (Wildman–Crippen MR) is 73.5 cm³/mol. The van der Waals surface area contributed by atoms with Crippen molar-refractivity contribution in [3.8, 4) is 0 Å². The highest BCUT2D eigenvalue weighted by molar-refractivity contribution is 5.88. The summed E-state index contributed by atoms with van der Waals surface area (Å²) >= 11 is 0. The third kappa shape index (κ3) is 4.82. The first-order valence-electron chi connectivity index (χ1n) is 6.84. The van der Waals surface area contributed by atoms with Gasteiger partial charge in [0.1, 0.15) is 12.6 Å². The van der Waals surface area contributed by atoms with E-state index in [-0.39, 0.29) is 24.3 Å². The van der Waals surface area contributed by atoms with E-state index in [1.165, 1.54) is 7.11 Å². The van der Waals surface area contributed by atoms with Gasteiger partial charge in [0.25, 0.3) is 0 Å². The normalized spacial score (nSPS) is 21.9. The van der Waals surface area contributed by atoms with E-state index in [1.807, 2.05) is 13.8 Å². The van der Waals surface area contributed by atoms with Gasteiger partial charge in [0, 0.05) is 13.7 Å². The lowest BCUT2D eigenvalue weighted by Gasteiger charge is -2.21. The van der Waals surface area contributed by atoms with Gasteiger partial charge in [-0.25, -0.2) is 0 Å². The molecule has 0 bridgehead atoms. The molecule has 0 aromatic carbocycles.